The van der Waals surface area contributed by atoms with Crippen LogP contribution >= 0.6 is 0 Å². The molecule has 0 aromatic heterocycles. The van der Waals surface area contributed by atoms with Crippen molar-refractivity contribution >= 4 is 23.8 Å². The number of ether oxygens (including phenoxy) is 4. The topological polar surface area (TPSA) is 257 Å². The molecular formula is C38H72N2O18. The second-order valence-corrected chi connectivity index (χ2v) is 14.6. The molecule has 20 nitrogen and oxygen atoms in total. The number of nitrogens with zero attached hydrogens (tertiary/aromatic N) is 1. The summed E-state index contributed by atoms with van der Waals surface area (Å²) in [6, 6.07) is 0. The average molecular weight is 845 g/mol. The highest BCUT2D eigenvalue weighted by Gasteiger charge is 2.30. The minimum atomic E-state index is -1.40. The summed E-state index contributed by atoms with van der Waals surface area (Å²) in [5.41, 5.74) is 0. The van der Waals surface area contributed by atoms with Gasteiger partial charge in [-0.25, -0.2) is 24.3 Å². The highest BCUT2D eigenvalue weighted by atomic mass is 17.2. The third-order valence-electron chi connectivity index (χ3n) is 8.31. The molecule has 0 aromatic carbocycles. The third kappa shape index (κ3) is 25.8. The predicted octanol–water partition coefficient (Wildman–Crippen LogP) is 1.89. The van der Waals surface area contributed by atoms with Crippen molar-refractivity contribution in [2.75, 3.05) is 46.0 Å². The Hall–Kier alpha value is -2.60. The van der Waals surface area contributed by atoms with Crippen molar-refractivity contribution in [2.24, 2.45) is 23.7 Å². The Morgan fingerprint density at radius 1 is 0.569 bits per heavy atom. The van der Waals surface area contributed by atoms with Gasteiger partial charge in [0.2, 0.25) is 5.91 Å². The monoisotopic (exact) mass is 844 g/mol. The SMILES string of the molecule is CCOOC(=O)CC(C)C(O)OC(C)CN(CC(C)OC(O)C(C)CC(O)OOCC)C(=O)CC(C)C(=O)OC(C)CNCC(C)OC(=O)CC(C)C(O)OOCC. The summed E-state index contributed by atoms with van der Waals surface area (Å²) in [6.07, 6.45) is -8.51. The molecule has 12 unspecified atom stereocenters. The van der Waals surface area contributed by atoms with Gasteiger partial charge >= 0.3 is 17.9 Å². The normalized spacial score (nSPS) is 18.0. The first-order valence-corrected chi connectivity index (χ1v) is 20.0. The van der Waals surface area contributed by atoms with Crippen molar-refractivity contribution in [3.8, 4) is 0 Å². The molecule has 0 spiro atoms. The molecule has 0 heterocycles. The smallest absolute Gasteiger partial charge is 0.342 e. The number of amides is 1. The van der Waals surface area contributed by atoms with Gasteiger partial charge in [-0.3, -0.25) is 19.3 Å². The zero-order valence-electron chi connectivity index (χ0n) is 36.2. The standard InChI is InChI=1S/C38H72N2O18/c1-12-49-56-33(43)17-24(5)36(46)54-29(10)21-40(22-30(11)55-37(47)25(6)18-34(44)57-50-13-2)31(41)15-23(4)35(45)53-28(9)20-39-19-27(8)52-32(42)16-26(7)38(48)58-51-14-3/h23-30,33,36-39,43,46-48H,12-22H2,1-11H3. The van der Waals surface area contributed by atoms with Crippen molar-refractivity contribution < 1.29 is 87.9 Å². The second-order valence-electron chi connectivity index (χ2n) is 14.6. The fourth-order valence-electron chi connectivity index (χ4n) is 5.10. The molecule has 0 saturated heterocycles. The van der Waals surface area contributed by atoms with Crippen LogP contribution in [0.2, 0.25) is 0 Å². The summed E-state index contributed by atoms with van der Waals surface area (Å²) >= 11 is 0. The van der Waals surface area contributed by atoms with Crippen LogP contribution in [0.3, 0.4) is 0 Å². The van der Waals surface area contributed by atoms with E-state index in [1.165, 1.54) is 4.90 Å². The molecule has 58 heavy (non-hydrogen) atoms. The Bertz CT molecular complexity index is 1140. The molecule has 342 valence electrons. The van der Waals surface area contributed by atoms with Crippen LogP contribution in [0.25, 0.3) is 0 Å². The van der Waals surface area contributed by atoms with E-state index in [0.29, 0.717) is 0 Å². The van der Waals surface area contributed by atoms with Crippen molar-refractivity contribution in [1.29, 1.82) is 0 Å². The van der Waals surface area contributed by atoms with E-state index < -0.39 is 97.1 Å². The molecular weight excluding hydrogens is 772 g/mol. The maximum atomic E-state index is 13.7. The minimum absolute atomic E-state index is 0.00725. The zero-order valence-corrected chi connectivity index (χ0v) is 36.2. The van der Waals surface area contributed by atoms with Gasteiger partial charge in [0.25, 0.3) is 0 Å². The van der Waals surface area contributed by atoms with E-state index in [2.05, 4.69) is 15.1 Å². The Morgan fingerprint density at radius 2 is 1.05 bits per heavy atom. The van der Waals surface area contributed by atoms with Crippen LogP contribution in [0.15, 0.2) is 0 Å². The van der Waals surface area contributed by atoms with Crippen molar-refractivity contribution in [3.05, 3.63) is 0 Å². The van der Waals surface area contributed by atoms with Gasteiger partial charge in [0.05, 0.1) is 50.8 Å². The van der Waals surface area contributed by atoms with E-state index in [1.54, 1.807) is 76.2 Å². The lowest BCUT2D eigenvalue weighted by atomic mass is 10.1. The Balaban J connectivity index is 5.36. The summed E-state index contributed by atoms with van der Waals surface area (Å²) < 4.78 is 22.4. The van der Waals surface area contributed by atoms with Crippen molar-refractivity contribution in [2.45, 2.75) is 151 Å². The maximum absolute atomic E-state index is 13.7. The quantitative estimate of drug-likeness (QED) is 0.0268. The fraction of sp³-hybridized carbons (Fsp3) is 0.895. The predicted molar refractivity (Wildman–Crippen MR) is 204 cm³/mol. The molecule has 0 aliphatic carbocycles. The molecule has 0 aromatic rings. The largest absolute Gasteiger partial charge is 0.461 e. The van der Waals surface area contributed by atoms with E-state index >= 15 is 0 Å². The van der Waals surface area contributed by atoms with Gasteiger partial charge in [-0.15, -0.1) is 0 Å². The fourth-order valence-corrected chi connectivity index (χ4v) is 5.10. The first-order chi connectivity index (χ1) is 27.2. The average Bonchev–Trinajstić information content (AvgIpc) is 3.14. The maximum Gasteiger partial charge on any atom is 0.342 e. The van der Waals surface area contributed by atoms with Gasteiger partial charge in [-0.1, -0.05) is 27.7 Å². The molecule has 0 radical (unpaired) electrons. The van der Waals surface area contributed by atoms with Gasteiger partial charge in [0, 0.05) is 56.8 Å². The third-order valence-corrected chi connectivity index (χ3v) is 8.31. The number of nitrogens with one attached hydrogen (secondary N) is 1. The minimum Gasteiger partial charge on any atom is -0.461 e. The number of rotatable bonds is 34. The first-order valence-electron chi connectivity index (χ1n) is 20.0. The van der Waals surface area contributed by atoms with Gasteiger partial charge < -0.3 is 49.6 Å². The van der Waals surface area contributed by atoms with E-state index in [0.717, 1.165) is 0 Å². The van der Waals surface area contributed by atoms with Crippen LogP contribution in [0, 0.1) is 23.7 Å². The van der Waals surface area contributed by atoms with Gasteiger partial charge in [0.1, 0.15) is 12.2 Å². The molecule has 5 N–H and O–H groups in total. The molecule has 0 bridgehead atoms. The molecule has 0 saturated carbocycles. The number of hydrogen-bond acceptors (Lipinski definition) is 19. The number of carbonyl (C=O) groups excluding carboxylic acids is 4. The highest BCUT2D eigenvalue weighted by molar-refractivity contribution is 5.83. The Labute approximate surface area is 342 Å². The second kappa shape index (κ2) is 31.3. The summed E-state index contributed by atoms with van der Waals surface area (Å²) in [5.74, 6) is -5.01. The summed E-state index contributed by atoms with van der Waals surface area (Å²) in [7, 11) is 0. The van der Waals surface area contributed by atoms with Crippen LogP contribution < -0.4 is 5.32 Å². The molecule has 20 heteroatoms. The van der Waals surface area contributed by atoms with Crippen molar-refractivity contribution in [1.82, 2.24) is 10.2 Å². The lowest BCUT2D eigenvalue weighted by molar-refractivity contribution is -0.377. The van der Waals surface area contributed by atoms with Crippen LogP contribution in [0.5, 0.6) is 0 Å². The Morgan fingerprint density at radius 3 is 1.60 bits per heavy atom. The van der Waals surface area contributed by atoms with E-state index in [4.69, 9.17) is 38.5 Å². The highest BCUT2D eigenvalue weighted by Crippen LogP contribution is 2.19. The summed E-state index contributed by atoms with van der Waals surface area (Å²) in [4.78, 5) is 80.6. The Kier molecular flexibility index (Phi) is 29.9. The number of hydrogen-bond donors (Lipinski definition) is 5. The number of aliphatic hydroxyl groups is 4. The van der Waals surface area contributed by atoms with Crippen LogP contribution in [-0.2, 0) is 67.5 Å². The van der Waals surface area contributed by atoms with E-state index in [1.807, 2.05) is 0 Å². The van der Waals surface area contributed by atoms with Crippen molar-refractivity contribution in [3.63, 3.8) is 0 Å². The molecule has 1 amide bonds. The van der Waals surface area contributed by atoms with Crippen LogP contribution in [0.4, 0.5) is 0 Å². The molecule has 0 rings (SSSR count). The lowest BCUT2D eigenvalue weighted by Gasteiger charge is -2.32. The number of esters is 2. The summed E-state index contributed by atoms with van der Waals surface area (Å²) in [6.45, 7) is 19.0. The molecule has 0 fully saturated rings. The van der Waals surface area contributed by atoms with E-state index in [9.17, 15) is 39.6 Å². The van der Waals surface area contributed by atoms with Gasteiger partial charge in [-0.2, -0.15) is 4.89 Å². The lowest BCUT2D eigenvalue weighted by Crippen LogP contribution is -2.45. The number of aliphatic hydroxyl groups excluding tert-OH is 4. The molecule has 12 atom stereocenters. The number of carbonyl (C=O) groups is 4. The van der Waals surface area contributed by atoms with Crippen LogP contribution in [-0.4, -0.2) is 145 Å². The van der Waals surface area contributed by atoms with Gasteiger partial charge in [0.15, 0.2) is 25.2 Å². The zero-order chi connectivity index (χ0) is 44.4. The van der Waals surface area contributed by atoms with Crippen LogP contribution in [0.1, 0.15) is 102 Å². The van der Waals surface area contributed by atoms with E-state index in [-0.39, 0.29) is 71.7 Å². The molecule has 0 aliphatic heterocycles. The first kappa shape index (κ1) is 55.4. The molecule has 0 aliphatic rings. The van der Waals surface area contributed by atoms with Gasteiger partial charge in [-0.05, 0) is 48.5 Å². The summed E-state index contributed by atoms with van der Waals surface area (Å²) in [5, 5.41) is 44.2.